The van der Waals surface area contributed by atoms with Crippen molar-refractivity contribution in [2.45, 2.75) is 6.42 Å². The molecule has 0 saturated carbocycles. The number of anilines is 1. The molecule has 0 aliphatic heterocycles. The summed E-state index contributed by atoms with van der Waals surface area (Å²) < 4.78 is 1.37. The largest absolute Gasteiger partial charge is 0.368 e. The van der Waals surface area contributed by atoms with E-state index >= 15 is 0 Å². The number of benzene rings is 2. The summed E-state index contributed by atoms with van der Waals surface area (Å²) >= 11 is 6.07. The Morgan fingerprint density at radius 3 is 2.67 bits per heavy atom. The fourth-order valence-electron chi connectivity index (χ4n) is 3.19. The predicted octanol–water partition coefficient (Wildman–Crippen LogP) is 3.41. The molecule has 4 rings (SSSR count). The van der Waals surface area contributed by atoms with Gasteiger partial charge in [-0.3, -0.25) is 4.79 Å². The highest BCUT2D eigenvalue weighted by Gasteiger charge is 2.13. The average Bonchev–Trinajstić information content (AvgIpc) is 2.66. The first kappa shape index (κ1) is 17.7. The zero-order chi connectivity index (χ0) is 19.0. The zero-order valence-corrected chi connectivity index (χ0v) is 16.0. The molecule has 0 spiro atoms. The Balaban J connectivity index is 1.91. The lowest BCUT2D eigenvalue weighted by Crippen LogP contribution is -2.21. The predicted molar refractivity (Wildman–Crippen MR) is 111 cm³/mol. The first-order valence-corrected chi connectivity index (χ1v) is 9.22. The van der Waals surface area contributed by atoms with Crippen molar-refractivity contribution in [1.82, 2.24) is 19.5 Å². The molecular weight excluding hydrogens is 362 g/mol. The van der Waals surface area contributed by atoms with Gasteiger partial charge in [-0.1, -0.05) is 35.9 Å². The van der Waals surface area contributed by atoms with E-state index in [1.165, 1.54) is 4.52 Å². The number of hydrogen-bond acceptors (Lipinski definition) is 5. The molecule has 6 nitrogen and oxygen atoms in total. The molecule has 27 heavy (non-hydrogen) atoms. The number of aromatic nitrogens is 3. The molecule has 0 aliphatic rings. The summed E-state index contributed by atoms with van der Waals surface area (Å²) in [6.07, 6.45) is 0.974. The summed E-state index contributed by atoms with van der Waals surface area (Å²) in [5.74, 6) is 0.683. The average molecular weight is 382 g/mol. The van der Waals surface area contributed by atoms with Crippen molar-refractivity contribution >= 4 is 44.7 Å². The van der Waals surface area contributed by atoms with Gasteiger partial charge in [0.05, 0.1) is 10.9 Å². The molecule has 2 aromatic carbocycles. The topological polar surface area (TPSA) is 62.5 Å². The summed E-state index contributed by atoms with van der Waals surface area (Å²) in [5, 5.41) is 10.7. The van der Waals surface area contributed by atoms with E-state index in [-0.39, 0.29) is 5.56 Å². The SMILES string of the molecule is CN(C)CCCNc1nn2c(=O)c3cc(Cl)ccc3nc2c2ccccc12. The van der Waals surface area contributed by atoms with Gasteiger partial charge in [0.25, 0.3) is 5.56 Å². The van der Waals surface area contributed by atoms with Crippen LogP contribution in [0.15, 0.2) is 47.3 Å². The molecule has 1 N–H and O–H groups in total. The third-order valence-corrected chi connectivity index (χ3v) is 4.74. The Bertz CT molecular complexity index is 1200. The second-order valence-electron chi connectivity index (χ2n) is 6.79. The van der Waals surface area contributed by atoms with Crippen molar-refractivity contribution in [3.05, 3.63) is 57.8 Å². The molecule has 2 heterocycles. The van der Waals surface area contributed by atoms with Crippen LogP contribution in [-0.2, 0) is 0 Å². The van der Waals surface area contributed by atoms with E-state index in [0.717, 1.165) is 30.3 Å². The lowest BCUT2D eigenvalue weighted by molar-refractivity contribution is 0.405. The summed E-state index contributed by atoms with van der Waals surface area (Å²) in [7, 11) is 4.09. The number of rotatable bonds is 5. The molecule has 0 radical (unpaired) electrons. The minimum absolute atomic E-state index is 0.223. The van der Waals surface area contributed by atoms with Crippen LogP contribution in [0, 0.1) is 0 Å². The minimum atomic E-state index is -0.223. The Kier molecular flexibility index (Phi) is 4.68. The van der Waals surface area contributed by atoms with Gasteiger partial charge in [0.2, 0.25) is 0 Å². The molecule has 0 fully saturated rings. The van der Waals surface area contributed by atoms with Gasteiger partial charge < -0.3 is 10.2 Å². The summed E-state index contributed by atoms with van der Waals surface area (Å²) in [4.78, 5) is 19.8. The van der Waals surface area contributed by atoms with E-state index in [4.69, 9.17) is 11.6 Å². The van der Waals surface area contributed by atoms with Crippen molar-refractivity contribution in [3.63, 3.8) is 0 Å². The highest BCUT2D eigenvalue weighted by molar-refractivity contribution is 6.31. The molecule has 2 aromatic heterocycles. The van der Waals surface area contributed by atoms with Crippen LogP contribution in [0.4, 0.5) is 5.82 Å². The van der Waals surface area contributed by atoms with Gasteiger partial charge in [-0.15, -0.1) is 5.10 Å². The van der Waals surface area contributed by atoms with Gasteiger partial charge in [-0.25, -0.2) is 4.98 Å². The number of halogens is 1. The van der Waals surface area contributed by atoms with Gasteiger partial charge in [0, 0.05) is 22.3 Å². The van der Waals surface area contributed by atoms with Crippen LogP contribution in [-0.4, -0.2) is 46.7 Å². The van der Waals surface area contributed by atoms with Gasteiger partial charge >= 0.3 is 0 Å². The molecule has 0 aliphatic carbocycles. The van der Waals surface area contributed by atoms with Crippen LogP contribution < -0.4 is 10.9 Å². The van der Waals surface area contributed by atoms with Crippen LogP contribution in [0.3, 0.4) is 0 Å². The highest BCUT2D eigenvalue weighted by Crippen LogP contribution is 2.25. The standard InChI is InChI=1S/C20H20ClN5O/c1-25(2)11-5-10-22-18-14-6-3-4-7-15(14)19-23-17-9-8-13(21)12-16(17)20(27)26(19)24-18/h3-4,6-9,12H,5,10-11H2,1-2H3,(H,22,24). The van der Waals surface area contributed by atoms with Crippen LogP contribution in [0.25, 0.3) is 27.3 Å². The molecule has 4 aromatic rings. The van der Waals surface area contributed by atoms with E-state index in [1.807, 2.05) is 38.4 Å². The van der Waals surface area contributed by atoms with Crippen LogP contribution in [0.5, 0.6) is 0 Å². The molecule has 0 atom stereocenters. The minimum Gasteiger partial charge on any atom is -0.368 e. The van der Waals surface area contributed by atoms with Crippen molar-refractivity contribution < 1.29 is 0 Å². The monoisotopic (exact) mass is 381 g/mol. The van der Waals surface area contributed by atoms with E-state index in [2.05, 4.69) is 20.3 Å². The van der Waals surface area contributed by atoms with Crippen LogP contribution in [0.2, 0.25) is 5.02 Å². The Hall–Kier alpha value is -2.70. The summed E-state index contributed by atoms with van der Waals surface area (Å²) in [5.41, 5.74) is 0.937. The molecule has 7 heteroatoms. The normalized spacial score (nSPS) is 11.7. The molecule has 138 valence electrons. The van der Waals surface area contributed by atoms with E-state index in [1.54, 1.807) is 18.2 Å². The smallest absolute Gasteiger partial charge is 0.282 e. The van der Waals surface area contributed by atoms with Gasteiger partial charge in [0.15, 0.2) is 11.5 Å². The third-order valence-electron chi connectivity index (χ3n) is 4.51. The molecule has 0 unspecified atom stereocenters. The quantitative estimate of drug-likeness (QED) is 0.326. The van der Waals surface area contributed by atoms with Gasteiger partial charge in [-0.2, -0.15) is 4.52 Å². The molecule has 0 saturated heterocycles. The maximum absolute atomic E-state index is 13.0. The summed E-state index contributed by atoms with van der Waals surface area (Å²) in [6.45, 7) is 1.74. The second-order valence-corrected chi connectivity index (χ2v) is 7.23. The van der Waals surface area contributed by atoms with E-state index < -0.39 is 0 Å². The van der Waals surface area contributed by atoms with Crippen LogP contribution >= 0.6 is 11.6 Å². The number of hydrogen-bond donors (Lipinski definition) is 1. The zero-order valence-electron chi connectivity index (χ0n) is 15.2. The van der Waals surface area contributed by atoms with Crippen LogP contribution in [0.1, 0.15) is 6.42 Å². The number of nitrogens with one attached hydrogen (secondary N) is 1. The maximum Gasteiger partial charge on any atom is 0.282 e. The maximum atomic E-state index is 13.0. The lowest BCUT2D eigenvalue weighted by Gasteiger charge is -2.13. The van der Waals surface area contributed by atoms with Crippen molar-refractivity contribution in [2.24, 2.45) is 0 Å². The van der Waals surface area contributed by atoms with E-state index in [9.17, 15) is 4.79 Å². The molecular formula is C20H20ClN5O. The Morgan fingerprint density at radius 2 is 1.89 bits per heavy atom. The number of fused-ring (bicyclic) bond motifs is 4. The Labute approximate surface area is 161 Å². The van der Waals surface area contributed by atoms with Gasteiger partial charge in [-0.05, 0) is 45.3 Å². The van der Waals surface area contributed by atoms with Crippen molar-refractivity contribution in [3.8, 4) is 0 Å². The summed E-state index contributed by atoms with van der Waals surface area (Å²) in [6, 6.07) is 13.0. The van der Waals surface area contributed by atoms with Gasteiger partial charge in [0.1, 0.15) is 0 Å². The third kappa shape index (κ3) is 3.34. The van der Waals surface area contributed by atoms with E-state index in [0.29, 0.717) is 27.4 Å². The number of nitrogens with zero attached hydrogens (tertiary/aromatic N) is 4. The highest BCUT2D eigenvalue weighted by atomic mass is 35.5. The van der Waals surface area contributed by atoms with Crippen molar-refractivity contribution in [2.75, 3.05) is 32.5 Å². The lowest BCUT2D eigenvalue weighted by atomic mass is 10.1. The fraction of sp³-hybridized carbons (Fsp3) is 0.250. The first-order chi connectivity index (χ1) is 13.0. The molecule has 0 amide bonds. The Morgan fingerprint density at radius 1 is 1.11 bits per heavy atom. The fourth-order valence-corrected chi connectivity index (χ4v) is 3.36. The first-order valence-electron chi connectivity index (χ1n) is 8.84. The second kappa shape index (κ2) is 7.13. The van der Waals surface area contributed by atoms with Crippen molar-refractivity contribution in [1.29, 1.82) is 0 Å². The molecule has 0 bridgehead atoms.